The number of ketones is 2. The predicted octanol–water partition coefficient (Wildman–Crippen LogP) is 10.8. The van der Waals surface area contributed by atoms with Gasteiger partial charge in [0.15, 0.2) is 5.78 Å². The highest BCUT2D eigenvalue weighted by atomic mass is 16.5. The second-order valence-corrected chi connectivity index (χ2v) is 22.5. The number of Topliss-reactive ketones (excluding diaryl/α,β-unsaturated/α-hetero) is 2. The average molecular weight is 741 g/mol. The minimum absolute atomic E-state index is 0.0141. The maximum Gasteiger partial charge on any atom is 0.309 e. The molecule has 0 saturated heterocycles. The number of aliphatic hydroxyl groups is 1. The average Bonchev–Trinajstić information content (AvgIpc) is 3.41. The van der Waals surface area contributed by atoms with Gasteiger partial charge in [0.25, 0.3) is 0 Å². The first-order valence-corrected chi connectivity index (χ1v) is 21.8. The van der Waals surface area contributed by atoms with E-state index in [1.54, 1.807) is 0 Å². The number of hydrogen-bond donors (Lipinski definition) is 1. The molecule has 1 aromatic rings. The zero-order valence-corrected chi connectivity index (χ0v) is 35.7. The summed E-state index contributed by atoms with van der Waals surface area (Å²) in [4.78, 5) is 42.5. The molecular formula is C49H72O5. The van der Waals surface area contributed by atoms with E-state index in [4.69, 9.17) is 4.74 Å². The predicted molar refractivity (Wildman–Crippen MR) is 215 cm³/mol. The van der Waals surface area contributed by atoms with Crippen LogP contribution < -0.4 is 0 Å². The number of ether oxygens (including phenoxy) is 1. The second-order valence-electron chi connectivity index (χ2n) is 22.5. The molecule has 54 heavy (non-hydrogen) atoms. The zero-order chi connectivity index (χ0) is 39.4. The van der Waals surface area contributed by atoms with E-state index in [1.807, 2.05) is 13.8 Å². The van der Waals surface area contributed by atoms with Crippen molar-refractivity contribution in [2.24, 2.45) is 73.4 Å². The van der Waals surface area contributed by atoms with Gasteiger partial charge in [-0.1, -0.05) is 106 Å². The summed E-state index contributed by atoms with van der Waals surface area (Å²) in [6.07, 6.45) is 10.5. The number of benzene rings is 1. The normalized spacial score (nSPS) is 40.9. The van der Waals surface area contributed by atoms with Crippen LogP contribution in [0.5, 0.6) is 0 Å². The lowest BCUT2D eigenvalue weighted by Crippen LogP contribution is -2.66. The van der Waals surface area contributed by atoms with Gasteiger partial charge in [-0.3, -0.25) is 14.4 Å². The SMILES string of the molecule is CC(C)C1=C2[C@H]3CC[C@@H]4[C@@]5(C)CC[C@H](OC(=O)[C@H]6C[C@@H](Cc7ccccc7)C6(C)C)C(C)(C)[C@@H]5CC[C@@]4(C)[C@]3(C)CC[C@@]2(C(=O)CC(C)(C)CO)CC1=O. The van der Waals surface area contributed by atoms with Crippen LogP contribution in [0.1, 0.15) is 152 Å². The van der Waals surface area contributed by atoms with Gasteiger partial charge < -0.3 is 9.84 Å². The summed E-state index contributed by atoms with van der Waals surface area (Å²) in [5.41, 5.74) is 2.28. The van der Waals surface area contributed by atoms with Crippen molar-refractivity contribution in [3.8, 4) is 0 Å². The number of carbonyl (C=O) groups is 3. The molecule has 0 heterocycles. The van der Waals surface area contributed by atoms with E-state index in [-0.39, 0.29) is 75.1 Å². The van der Waals surface area contributed by atoms with Crippen molar-refractivity contribution < 1.29 is 24.2 Å². The lowest BCUT2D eigenvalue weighted by atomic mass is 9.33. The monoisotopic (exact) mass is 741 g/mol. The molecule has 6 aliphatic carbocycles. The van der Waals surface area contributed by atoms with E-state index in [9.17, 15) is 19.5 Å². The Hall–Kier alpha value is -2.27. The van der Waals surface area contributed by atoms with E-state index in [0.29, 0.717) is 30.6 Å². The van der Waals surface area contributed by atoms with Crippen LogP contribution in [0.3, 0.4) is 0 Å². The lowest BCUT2D eigenvalue weighted by molar-refractivity contribution is -0.236. The van der Waals surface area contributed by atoms with Crippen molar-refractivity contribution in [3.05, 3.63) is 47.0 Å². The molecule has 10 atom stereocenters. The molecule has 5 saturated carbocycles. The zero-order valence-electron chi connectivity index (χ0n) is 35.7. The van der Waals surface area contributed by atoms with Crippen LogP contribution in [0, 0.1) is 73.4 Å². The summed E-state index contributed by atoms with van der Waals surface area (Å²) in [6.45, 7) is 25.2. The third-order valence-corrected chi connectivity index (χ3v) is 18.3. The Kier molecular flexibility index (Phi) is 9.72. The van der Waals surface area contributed by atoms with Gasteiger partial charge in [-0.05, 0) is 138 Å². The molecular weight excluding hydrogens is 669 g/mol. The van der Waals surface area contributed by atoms with Crippen molar-refractivity contribution in [2.45, 2.75) is 159 Å². The topological polar surface area (TPSA) is 80.7 Å². The Morgan fingerprint density at radius 3 is 2.17 bits per heavy atom. The lowest BCUT2D eigenvalue weighted by Gasteiger charge is -2.72. The third-order valence-electron chi connectivity index (χ3n) is 18.3. The maximum atomic E-state index is 14.5. The summed E-state index contributed by atoms with van der Waals surface area (Å²) >= 11 is 0. The molecule has 0 aliphatic heterocycles. The highest BCUT2D eigenvalue weighted by Crippen LogP contribution is 2.77. The molecule has 0 unspecified atom stereocenters. The number of carbonyl (C=O) groups excluding carboxylic acids is 3. The van der Waals surface area contributed by atoms with Gasteiger partial charge in [-0.25, -0.2) is 0 Å². The maximum absolute atomic E-state index is 14.5. The third kappa shape index (κ3) is 5.72. The van der Waals surface area contributed by atoms with Crippen molar-refractivity contribution in [1.82, 2.24) is 0 Å². The number of allylic oxidation sites excluding steroid dienone is 2. The number of rotatable bonds is 9. The van der Waals surface area contributed by atoms with Gasteiger partial charge in [0.1, 0.15) is 11.9 Å². The number of hydrogen-bond acceptors (Lipinski definition) is 5. The fraction of sp³-hybridized carbons (Fsp3) is 0.776. The Bertz CT molecular complexity index is 1700. The molecule has 7 rings (SSSR count). The molecule has 1 N–H and O–H groups in total. The summed E-state index contributed by atoms with van der Waals surface area (Å²) in [5, 5.41) is 10.1. The smallest absolute Gasteiger partial charge is 0.309 e. The van der Waals surface area contributed by atoms with Crippen LogP contribution in [0.15, 0.2) is 41.5 Å². The molecule has 0 amide bonds. The fourth-order valence-electron chi connectivity index (χ4n) is 14.7. The molecule has 1 aromatic carbocycles. The molecule has 0 bridgehead atoms. The Morgan fingerprint density at radius 2 is 1.54 bits per heavy atom. The number of aliphatic hydroxyl groups excluding tert-OH is 1. The van der Waals surface area contributed by atoms with E-state index < -0.39 is 10.8 Å². The summed E-state index contributed by atoms with van der Waals surface area (Å²) in [6, 6.07) is 10.7. The van der Waals surface area contributed by atoms with Crippen molar-refractivity contribution in [2.75, 3.05) is 6.61 Å². The van der Waals surface area contributed by atoms with Gasteiger partial charge in [0.2, 0.25) is 0 Å². The van der Waals surface area contributed by atoms with Crippen LogP contribution in [-0.2, 0) is 25.5 Å². The quantitative estimate of drug-likeness (QED) is 0.255. The van der Waals surface area contributed by atoms with Gasteiger partial charge in [-0.2, -0.15) is 0 Å². The first kappa shape index (κ1) is 39.9. The minimum Gasteiger partial charge on any atom is -0.462 e. The summed E-state index contributed by atoms with van der Waals surface area (Å²) in [7, 11) is 0. The molecule has 298 valence electrons. The van der Waals surface area contributed by atoms with Gasteiger partial charge in [0, 0.05) is 24.9 Å². The standard InChI is InChI=1S/C49H72O5/c1-30(2)40-35(51)27-49(38(52)28-43(3,4)29-50)24-23-47(10)33(41(40)49)17-18-37-46(9)21-20-39(45(7,8)36(46)19-22-48(37,47)11)54-42(53)34-26-32(44(34,5)6)25-31-15-13-12-14-16-31/h12-16,30,32-34,36-37,39,50H,17-29H2,1-11H3/t32-,33-,34-,36+,37-,39+,46+,47-,48-,49+/m1/s1. The number of fused-ring (bicyclic) bond motifs is 7. The van der Waals surface area contributed by atoms with Crippen molar-refractivity contribution >= 4 is 17.5 Å². The van der Waals surface area contributed by atoms with Gasteiger partial charge in [-0.15, -0.1) is 0 Å². The van der Waals surface area contributed by atoms with Crippen LogP contribution >= 0.6 is 0 Å². The van der Waals surface area contributed by atoms with Crippen LogP contribution in [0.2, 0.25) is 0 Å². The van der Waals surface area contributed by atoms with Crippen molar-refractivity contribution in [1.29, 1.82) is 0 Å². The Balaban J connectivity index is 1.12. The largest absolute Gasteiger partial charge is 0.462 e. The van der Waals surface area contributed by atoms with Gasteiger partial charge in [0.05, 0.1) is 11.3 Å². The Morgan fingerprint density at radius 1 is 0.852 bits per heavy atom. The molecule has 5 nitrogen and oxygen atoms in total. The molecule has 0 spiro atoms. The van der Waals surface area contributed by atoms with Crippen molar-refractivity contribution in [3.63, 3.8) is 0 Å². The first-order chi connectivity index (χ1) is 25.1. The minimum atomic E-state index is -0.710. The van der Waals surface area contributed by atoms with E-state index in [2.05, 4.69) is 92.6 Å². The number of esters is 1. The molecule has 5 heteroatoms. The van der Waals surface area contributed by atoms with E-state index in [1.165, 1.54) is 11.1 Å². The highest BCUT2D eigenvalue weighted by molar-refractivity contribution is 6.07. The highest BCUT2D eigenvalue weighted by Gasteiger charge is 2.71. The molecule has 0 radical (unpaired) electrons. The van der Waals surface area contributed by atoms with E-state index >= 15 is 0 Å². The van der Waals surface area contributed by atoms with E-state index in [0.717, 1.165) is 69.8 Å². The molecule has 5 fully saturated rings. The first-order valence-electron chi connectivity index (χ1n) is 21.8. The Labute approximate surface area is 327 Å². The van der Waals surface area contributed by atoms with Crippen LogP contribution in [-0.4, -0.2) is 35.4 Å². The van der Waals surface area contributed by atoms with Crippen LogP contribution in [0.25, 0.3) is 0 Å². The molecule has 6 aliphatic rings. The second kappa shape index (κ2) is 13.1. The van der Waals surface area contributed by atoms with Gasteiger partial charge >= 0.3 is 5.97 Å². The summed E-state index contributed by atoms with van der Waals surface area (Å²) < 4.78 is 6.65. The molecule has 0 aromatic heterocycles. The van der Waals surface area contributed by atoms with Crippen LogP contribution in [0.4, 0.5) is 0 Å². The summed E-state index contributed by atoms with van der Waals surface area (Å²) in [5.74, 6) is 2.12. The fourth-order valence-corrected chi connectivity index (χ4v) is 14.7.